The van der Waals surface area contributed by atoms with Crippen LogP contribution in [0.5, 0.6) is 0 Å². The van der Waals surface area contributed by atoms with Crippen molar-refractivity contribution in [2.24, 2.45) is 5.14 Å². The van der Waals surface area contributed by atoms with E-state index in [-0.39, 0.29) is 12.1 Å². The number of benzene rings is 1. The van der Waals surface area contributed by atoms with Gasteiger partial charge >= 0.3 is 5.97 Å². The lowest BCUT2D eigenvalue weighted by atomic mass is 10.1. The number of carboxylic acids is 1. The molecule has 1 aromatic rings. The second-order valence-corrected chi connectivity index (χ2v) is 7.39. The van der Waals surface area contributed by atoms with Gasteiger partial charge in [-0.15, -0.1) is 0 Å². The van der Waals surface area contributed by atoms with Crippen LogP contribution in [0.1, 0.15) is 6.42 Å². The van der Waals surface area contributed by atoms with Gasteiger partial charge in [-0.05, 0) is 12.1 Å². The molecule has 2 rings (SSSR count). The summed E-state index contributed by atoms with van der Waals surface area (Å²) in [6.45, 7) is 2.67. The summed E-state index contributed by atoms with van der Waals surface area (Å²) in [6, 6.07) is 2.60. The predicted octanol–water partition coefficient (Wildman–Crippen LogP) is -0.170. The third kappa shape index (κ3) is 5.62. The Morgan fingerprint density at radius 3 is 2.62 bits per heavy atom. The highest BCUT2D eigenvalue weighted by molar-refractivity contribution is 7.89. The number of primary sulfonamides is 1. The Kier molecular flexibility index (Phi) is 6.47. The Balaban J connectivity index is 2.25. The van der Waals surface area contributed by atoms with Gasteiger partial charge in [-0.25, -0.2) is 13.6 Å². The van der Waals surface area contributed by atoms with Crippen LogP contribution < -0.4 is 10.5 Å². The van der Waals surface area contributed by atoms with Crippen LogP contribution in [0.15, 0.2) is 23.1 Å². The van der Waals surface area contributed by atoms with Crippen molar-refractivity contribution in [1.29, 1.82) is 0 Å². The van der Waals surface area contributed by atoms with Crippen molar-refractivity contribution in [3.63, 3.8) is 0 Å². The highest BCUT2D eigenvalue weighted by Crippen LogP contribution is 2.28. The number of carboxylic acid groups (broad SMARTS) is 1. The zero-order valence-electron chi connectivity index (χ0n) is 13.8. The van der Waals surface area contributed by atoms with Gasteiger partial charge in [0.05, 0.1) is 29.5 Å². The van der Waals surface area contributed by atoms with Crippen LogP contribution in [-0.4, -0.2) is 68.2 Å². The normalized spacial score (nSPS) is 16.8. The van der Waals surface area contributed by atoms with Gasteiger partial charge in [-0.2, -0.15) is 0 Å². The zero-order chi connectivity index (χ0) is 19.3. The molecule has 1 aliphatic rings. The van der Waals surface area contributed by atoms with Crippen molar-refractivity contribution >= 4 is 27.4 Å². The molecular formula is C14H20N4O7S. The molecule has 4 N–H and O–H groups in total. The molecular weight excluding hydrogens is 368 g/mol. The number of hydrogen-bond donors (Lipinski definition) is 3. The van der Waals surface area contributed by atoms with Crippen molar-refractivity contribution < 1.29 is 28.0 Å². The molecule has 1 aliphatic heterocycles. The number of rotatable bonds is 8. The van der Waals surface area contributed by atoms with Gasteiger partial charge in [0.15, 0.2) is 0 Å². The fraction of sp³-hybridized carbons (Fsp3) is 0.500. The molecule has 144 valence electrons. The maximum Gasteiger partial charge on any atom is 0.305 e. The Hall–Kier alpha value is -2.28. The maximum absolute atomic E-state index is 11.4. The Bertz CT molecular complexity index is 778. The third-order valence-corrected chi connectivity index (χ3v) is 4.77. The van der Waals surface area contributed by atoms with Crippen molar-refractivity contribution in [2.75, 3.05) is 38.2 Å². The fourth-order valence-electron chi connectivity index (χ4n) is 2.65. The summed E-state index contributed by atoms with van der Waals surface area (Å²) in [6.07, 6.45) is -0.258. The topological polar surface area (TPSA) is 165 Å². The number of nitrogens with zero attached hydrogens (tertiary/aromatic N) is 2. The molecule has 0 radical (unpaired) electrons. The van der Waals surface area contributed by atoms with Gasteiger partial charge in [0, 0.05) is 31.7 Å². The number of sulfonamides is 1. The van der Waals surface area contributed by atoms with Crippen LogP contribution in [0.4, 0.5) is 11.4 Å². The number of nitrogens with two attached hydrogens (primary N) is 1. The van der Waals surface area contributed by atoms with Crippen LogP contribution in [0, 0.1) is 10.1 Å². The largest absolute Gasteiger partial charge is 0.481 e. The number of anilines is 1. The molecule has 12 heteroatoms. The first kappa shape index (κ1) is 20.0. The lowest BCUT2D eigenvalue weighted by Gasteiger charge is -2.30. The molecule has 0 aliphatic carbocycles. The van der Waals surface area contributed by atoms with Gasteiger partial charge in [0.1, 0.15) is 5.69 Å². The Morgan fingerprint density at radius 2 is 2.08 bits per heavy atom. The highest BCUT2D eigenvalue weighted by atomic mass is 32.2. The summed E-state index contributed by atoms with van der Waals surface area (Å²) in [7, 11) is -4.09. The number of ether oxygens (including phenoxy) is 1. The van der Waals surface area contributed by atoms with E-state index in [9.17, 15) is 23.3 Å². The molecule has 1 heterocycles. The van der Waals surface area contributed by atoms with E-state index in [1.807, 2.05) is 4.90 Å². The molecule has 11 nitrogen and oxygen atoms in total. The monoisotopic (exact) mass is 388 g/mol. The van der Waals surface area contributed by atoms with Crippen LogP contribution in [-0.2, 0) is 19.6 Å². The Morgan fingerprint density at radius 1 is 1.42 bits per heavy atom. The molecule has 0 bridgehead atoms. The average molecular weight is 388 g/mol. The molecule has 1 fully saturated rings. The van der Waals surface area contributed by atoms with E-state index in [4.69, 9.17) is 15.0 Å². The van der Waals surface area contributed by atoms with Gasteiger partial charge in [0.2, 0.25) is 10.0 Å². The summed E-state index contributed by atoms with van der Waals surface area (Å²) in [5.41, 5.74) is -0.462. The molecule has 1 unspecified atom stereocenters. The van der Waals surface area contributed by atoms with Crippen LogP contribution in [0.25, 0.3) is 0 Å². The molecule has 26 heavy (non-hydrogen) atoms. The molecule has 1 saturated heterocycles. The second kappa shape index (κ2) is 8.40. The number of carbonyl (C=O) groups is 1. The van der Waals surface area contributed by atoms with E-state index in [0.29, 0.717) is 32.8 Å². The van der Waals surface area contributed by atoms with E-state index in [0.717, 1.165) is 12.1 Å². The third-order valence-electron chi connectivity index (χ3n) is 3.86. The first-order valence-corrected chi connectivity index (χ1v) is 9.31. The van der Waals surface area contributed by atoms with Crippen molar-refractivity contribution in [3.8, 4) is 0 Å². The van der Waals surface area contributed by atoms with Crippen LogP contribution >= 0.6 is 0 Å². The van der Waals surface area contributed by atoms with E-state index in [1.54, 1.807) is 0 Å². The quantitative estimate of drug-likeness (QED) is 0.405. The molecule has 0 aromatic heterocycles. The summed E-state index contributed by atoms with van der Waals surface area (Å²) < 4.78 is 28.0. The van der Waals surface area contributed by atoms with Crippen molar-refractivity contribution in [3.05, 3.63) is 28.3 Å². The van der Waals surface area contributed by atoms with Gasteiger partial charge < -0.3 is 15.2 Å². The minimum absolute atomic E-state index is 0.0295. The van der Waals surface area contributed by atoms with Gasteiger partial charge in [-0.3, -0.25) is 19.8 Å². The van der Waals surface area contributed by atoms with Crippen molar-refractivity contribution in [2.45, 2.75) is 17.4 Å². The summed E-state index contributed by atoms with van der Waals surface area (Å²) >= 11 is 0. The standard InChI is InChI=1S/C14H20N4O7S/c15-26(23,24)11-1-2-12(13(8-11)18(21)22)16-10(7-14(19)20)9-17-3-5-25-6-4-17/h1-2,8,10,16H,3-7,9H2,(H,19,20)(H2,15,23,24). The minimum atomic E-state index is -4.09. The van der Waals surface area contributed by atoms with Gasteiger partial charge in [0.25, 0.3) is 5.69 Å². The number of nitro groups is 1. The van der Waals surface area contributed by atoms with E-state index < -0.39 is 37.5 Å². The van der Waals surface area contributed by atoms with E-state index in [2.05, 4.69) is 5.32 Å². The maximum atomic E-state index is 11.4. The lowest BCUT2D eigenvalue weighted by Crippen LogP contribution is -2.43. The number of nitrogens with one attached hydrogen (secondary N) is 1. The SMILES string of the molecule is NS(=O)(=O)c1ccc(NC(CC(=O)O)CN2CCOCC2)c([N+](=O)[O-])c1. The summed E-state index contributed by atoms with van der Waals surface area (Å²) in [5.74, 6) is -1.06. The first-order chi connectivity index (χ1) is 12.2. The number of aliphatic carboxylic acids is 1. The molecule has 0 amide bonds. The zero-order valence-corrected chi connectivity index (χ0v) is 14.6. The average Bonchev–Trinajstić information content (AvgIpc) is 2.54. The fourth-order valence-corrected chi connectivity index (χ4v) is 3.18. The van der Waals surface area contributed by atoms with Gasteiger partial charge in [-0.1, -0.05) is 0 Å². The first-order valence-electron chi connectivity index (χ1n) is 7.76. The van der Waals surface area contributed by atoms with Crippen LogP contribution in [0.2, 0.25) is 0 Å². The Labute approximate surface area is 149 Å². The summed E-state index contributed by atoms with van der Waals surface area (Å²) in [5, 5.41) is 28.2. The van der Waals surface area contributed by atoms with E-state index in [1.165, 1.54) is 6.07 Å². The minimum Gasteiger partial charge on any atom is -0.481 e. The number of nitro benzene ring substituents is 1. The van der Waals surface area contributed by atoms with Crippen LogP contribution in [0.3, 0.4) is 0 Å². The molecule has 1 aromatic carbocycles. The van der Waals surface area contributed by atoms with Crippen molar-refractivity contribution in [1.82, 2.24) is 4.90 Å². The number of hydrogen-bond acceptors (Lipinski definition) is 8. The predicted molar refractivity (Wildman–Crippen MR) is 91.4 cm³/mol. The molecule has 0 saturated carbocycles. The smallest absolute Gasteiger partial charge is 0.305 e. The lowest BCUT2D eigenvalue weighted by molar-refractivity contribution is -0.384. The number of morpholine rings is 1. The summed E-state index contributed by atoms with van der Waals surface area (Å²) in [4.78, 5) is 23.3. The second-order valence-electron chi connectivity index (χ2n) is 5.83. The molecule has 1 atom stereocenters. The van der Waals surface area contributed by atoms with E-state index >= 15 is 0 Å². The highest BCUT2D eigenvalue weighted by Gasteiger charge is 2.24. The molecule has 0 spiro atoms.